The van der Waals surface area contributed by atoms with Crippen molar-refractivity contribution in [2.24, 2.45) is 5.92 Å². The summed E-state index contributed by atoms with van der Waals surface area (Å²) in [4.78, 5) is 16.9. The lowest BCUT2D eigenvalue weighted by atomic mass is 9.73. The first-order chi connectivity index (χ1) is 16.6. The average molecular weight is 461 g/mol. The fourth-order valence-corrected chi connectivity index (χ4v) is 5.75. The topological polar surface area (TPSA) is 84.6 Å². The van der Waals surface area contributed by atoms with Gasteiger partial charge in [0.2, 0.25) is 0 Å². The highest BCUT2D eigenvalue weighted by Crippen LogP contribution is 2.46. The number of nitrogens with zero attached hydrogens (tertiary/aromatic N) is 1. The molecule has 3 aromatic rings. The lowest BCUT2D eigenvalue weighted by Crippen LogP contribution is -2.41. The Morgan fingerprint density at radius 1 is 1.09 bits per heavy atom. The van der Waals surface area contributed by atoms with Crippen molar-refractivity contribution in [3.05, 3.63) is 89.6 Å². The molecule has 1 amide bonds. The summed E-state index contributed by atoms with van der Waals surface area (Å²) in [5, 5.41) is 14.2. The zero-order chi connectivity index (χ0) is 23.5. The number of carbonyl (C=O) groups is 1. The number of rotatable bonds is 5. The Hall–Kier alpha value is -2.96. The molecule has 1 aromatic heterocycles. The highest BCUT2D eigenvalue weighted by Gasteiger charge is 2.44. The summed E-state index contributed by atoms with van der Waals surface area (Å²) in [7, 11) is 0. The number of amides is 1. The standard InChI is InChI=1S/C28H32N2O4/c1-19-26(30-18-33-19)27(32)29-17-28(21-10-6-3-7-11-21)14-12-22-23(31)16-25(34-24(22)13-15-28)20-8-4-2-5-9-20/h2-11,18,22-25,31H,12-17H2,1H3,(H,29,32)/t22-,23+,24+,25+,28+/m1/s1. The molecule has 2 aromatic carbocycles. The Bertz CT molecular complexity index is 1100. The molecule has 2 fully saturated rings. The van der Waals surface area contributed by atoms with E-state index in [2.05, 4.69) is 46.7 Å². The molecule has 178 valence electrons. The number of aromatic nitrogens is 1. The molecule has 1 aliphatic heterocycles. The van der Waals surface area contributed by atoms with Crippen molar-refractivity contribution >= 4 is 5.91 Å². The zero-order valence-electron chi connectivity index (χ0n) is 19.5. The molecule has 1 aliphatic carbocycles. The van der Waals surface area contributed by atoms with Gasteiger partial charge in [-0.25, -0.2) is 4.98 Å². The van der Waals surface area contributed by atoms with Crippen molar-refractivity contribution in [2.45, 2.75) is 62.8 Å². The monoisotopic (exact) mass is 460 g/mol. The van der Waals surface area contributed by atoms with Gasteiger partial charge in [-0.2, -0.15) is 0 Å². The van der Waals surface area contributed by atoms with Gasteiger partial charge in [0.1, 0.15) is 5.76 Å². The van der Waals surface area contributed by atoms with E-state index in [1.807, 2.05) is 24.3 Å². The number of aryl methyl sites for hydroxylation is 1. The van der Waals surface area contributed by atoms with Crippen LogP contribution in [0.1, 0.15) is 65.6 Å². The Balaban J connectivity index is 1.37. The van der Waals surface area contributed by atoms with Crippen LogP contribution in [0.4, 0.5) is 0 Å². The molecule has 0 unspecified atom stereocenters. The van der Waals surface area contributed by atoms with E-state index in [9.17, 15) is 9.90 Å². The molecular weight excluding hydrogens is 428 g/mol. The van der Waals surface area contributed by atoms with E-state index in [1.165, 1.54) is 12.0 Å². The molecule has 34 heavy (non-hydrogen) atoms. The number of aliphatic hydroxyl groups is 1. The van der Waals surface area contributed by atoms with Gasteiger partial charge >= 0.3 is 0 Å². The van der Waals surface area contributed by atoms with E-state index < -0.39 is 6.10 Å². The first-order valence-electron chi connectivity index (χ1n) is 12.2. The third-order valence-electron chi connectivity index (χ3n) is 7.73. The molecule has 2 aliphatic rings. The Kier molecular flexibility index (Phi) is 6.53. The SMILES string of the molecule is Cc1ocnc1C(=O)NC[C@]1(c2ccccc2)CC[C@H]2[C@H](CC1)O[C@H](c1ccccc1)C[C@@H]2O. The quantitative estimate of drug-likeness (QED) is 0.575. The highest BCUT2D eigenvalue weighted by atomic mass is 16.5. The predicted molar refractivity (Wildman–Crippen MR) is 128 cm³/mol. The van der Waals surface area contributed by atoms with Crippen LogP contribution >= 0.6 is 0 Å². The van der Waals surface area contributed by atoms with Gasteiger partial charge in [-0.15, -0.1) is 0 Å². The van der Waals surface area contributed by atoms with Gasteiger partial charge in [-0.1, -0.05) is 60.7 Å². The Morgan fingerprint density at radius 3 is 2.50 bits per heavy atom. The summed E-state index contributed by atoms with van der Waals surface area (Å²) >= 11 is 0. The molecule has 2 N–H and O–H groups in total. The van der Waals surface area contributed by atoms with Gasteiger partial charge in [-0.3, -0.25) is 4.79 Å². The van der Waals surface area contributed by atoms with E-state index in [4.69, 9.17) is 9.15 Å². The fraction of sp³-hybridized carbons (Fsp3) is 0.429. The first-order valence-corrected chi connectivity index (χ1v) is 12.2. The highest BCUT2D eigenvalue weighted by molar-refractivity contribution is 5.93. The molecule has 1 saturated carbocycles. The first kappa shape index (κ1) is 22.8. The maximum atomic E-state index is 12.8. The number of fused-ring (bicyclic) bond motifs is 1. The zero-order valence-corrected chi connectivity index (χ0v) is 19.5. The van der Waals surface area contributed by atoms with Crippen molar-refractivity contribution < 1.29 is 19.1 Å². The molecule has 0 spiro atoms. The third kappa shape index (κ3) is 4.52. The number of oxazole rings is 1. The van der Waals surface area contributed by atoms with E-state index in [-0.39, 0.29) is 29.4 Å². The summed E-state index contributed by atoms with van der Waals surface area (Å²) < 4.78 is 11.8. The molecule has 6 heteroatoms. The average Bonchev–Trinajstić information content (AvgIpc) is 3.21. The maximum absolute atomic E-state index is 12.8. The minimum atomic E-state index is -0.400. The van der Waals surface area contributed by atoms with Crippen molar-refractivity contribution in [2.75, 3.05) is 6.54 Å². The summed E-state index contributed by atoms with van der Waals surface area (Å²) in [6.07, 6.45) is 4.84. The minimum absolute atomic E-state index is 0.00645. The summed E-state index contributed by atoms with van der Waals surface area (Å²) in [6, 6.07) is 20.6. The number of carbonyl (C=O) groups excluding carboxylic acids is 1. The second-order valence-electron chi connectivity index (χ2n) is 9.70. The number of ether oxygens (including phenoxy) is 1. The van der Waals surface area contributed by atoms with E-state index in [0.29, 0.717) is 24.4 Å². The molecule has 5 atom stereocenters. The Morgan fingerprint density at radius 2 is 1.79 bits per heavy atom. The Labute approximate surface area is 200 Å². The molecular formula is C28H32N2O4. The summed E-state index contributed by atoms with van der Waals surface area (Å²) in [5.74, 6) is 0.393. The van der Waals surface area contributed by atoms with Crippen LogP contribution in [-0.4, -0.2) is 34.8 Å². The normalized spacial score (nSPS) is 29.1. The van der Waals surface area contributed by atoms with Crippen LogP contribution in [-0.2, 0) is 10.2 Å². The molecule has 6 nitrogen and oxygen atoms in total. The van der Waals surface area contributed by atoms with Gasteiger partial charge in [-0.05, 0) is 43.7 Å². The smallest absolute Gasteiger partial charge is 0.273 e. The van der Waals surface area contributed by atoms with Gasteiger partial charge < -0.3 is 19.6 Å². The molecule has 0 bridgehead atoms. The van der Waals surface area contributed by atoms with E-state index in [0.717, 1.165) is 31.2 Å². The minimum Gasteiger partial charge on any atom is -0.448 e. The van der Waals surface area contributed by atoms with Gasteiger partial charge in [0.15, 0.2) is 12.1 Å². The van der Waals surface area contributed by atoms with Gasteiger partial charge in [0, 0.05) is 24.3 Å². The second kappa shape index (κ2) is 9.72. The molecule has 2 heterocycles. The van der Waals surface area contributed by atoms with Crippen LogP contribution in [0, 0.1) is 12.8 Å². The van der Waals surface area contributed by atoms with Crippen molar-refractivity contribution in [3.8, 4) is 0 Å². The lowest BCUT2D eigenvalue weighted by molar-refractivity contribution is -0.139. The summed E-state index contributed by atoms with van der Waals surface area (Å²) in [5.41, 5.74) is 2.42. The van der Waals surface area contributed by atoms with Crippen LogP contribution in [0.2, 0.25) is 0 Å². The van der Waals surface area contributed by atoms with Gasteiger partial charge in [0.25, 0.3) is 5.91 Å². The summed E-state index contributed by atoms with van der Waals surface area (Å²) in [6.45, 7) is 2.24. The van der Waals surface area contributed by atoms with Crippen molar-refractivity contribution in [1.82, 2.24) is 10.3 Å². The third-order valence-corrected chi connectivity index (χ3v) is 7.73. The number of benzene rings is 2. The molecule has 5 rings (SSSR count). The van der Waals surface area contributed by atoms with Crippen LogP contribution in [0.5, 0.6) is 0 Å². The number of hydrogen-bond acceptors (Lipinski definition) is 5. The lowest BCUT2D eigenvalue weighted by Gasteiger charge is -2.39. The van der Waals surface area contributed by atoms with Crippen LogP contribution < -0.4 is 5.32 Å². The van der Waals surface area contributed by atoms with E-state index >= 15 is 0 Å². The number of hydrogen-bond donors (Lipinski definition) is 2. The molecule has 0 radical (unpaired) electrons. The van der Waals surface area contributed by atoms with E-state index in [1.54, 1.807) is 6.92 Å². The van der Waals surface area contributed by atoms with Crippen LogP contribution in [0.3, 0.4) is 0 Å². The van der Waals surface area contributed by atoms with Crippen LogP contribution in [0.15, 0.2) is 71.5 Å². The van der Waals surface area contributed by atoms with Gasteiger partial charge in [0.05, 0.1) is 18.3 Å². The molecule has 1 saturated heterocycles. The largest absolute Gasteiger partial charge is 0.448 e. The van der Waals surface area contributed by atoms with Crippen molar-refractivity contribution in [3.63, 3.8) is 0 Å². The number of aliphatic hydroxyl groups excluding tert-OH is 1. The maximum Gasteiger partial charge on any atom is 0.273 e. The van der Waals surface area contributed by atoms with Crippen LogP contribution in [0.25, 0.3) is 0 Å². The number of nitrogens with one attached hydrogen (secondary N) is 1. The predicted octanol–water partition coefficient (Wildman–Crippen LogP) is 4.73. The fourth-order valence-electron chi connectivity index (χ4n) is 5.75. The van der Waals surface area contributed by atoms with Crippen molar-refractivity contribution in [1.29, 1.82) is 0 Å². The second-order valence-corrected chi connectivity index (χ2v) is 9.70.